The highest BCUT2D eigenvalue weighted by molar-refractivity contribution is 5.69. The molecule has 106 valence electrons. The number of carbonyl (C=O) groups excluding carboxylic acids is 2. The molecule has 0 saturated heterocycles. The van der Waals surface area contributed by atoms with Crippen molar-refractivity contribution in [3.05, 3.63) is 0 Å². The summed E-state index contributed by atoms with van der Waals surface area (Å²) < 4.78 is 14.9. The van der Waals surface area contributed by atoms with E-state index in [4.69, 9.17) is 14.2 Å². The van der Waals surface area contributed by atoms with Gasteiger partial charge in [-0.15, -0.1) is 0 Å². The van der Waals surface area contributed by atoms with E-state index in [0.717, 1.165) is 0 Å². The summed E-state index contributed by atoms with van der Waals surface area (Å²) in [6.07, 6.45) is -0.253. The molecule has 1 amide bonds. The second-order valence-electron chi connectivity index (χ2n) is 4.60. The first-order chi connectivity index (χ1) is 8.35. The van der Waals surface area contributed by atoms with Gasteiger partial charge in [-0.3, -0.25) is 4.79 Å². The summed E-state index contributed by atoms with van der Waals surface area (Å²) >= 11 is 0. The van der Waals surface area contributed by atoms with Crippen molar-refractivity contribution in [2.24, 2.45) is 0 Å². The number of alkyl carbamates (subject to hydrolysis) is 1. The van der Waals surface area contributed by atoms with E-state index in [1.54, 1.807) is 27.7 Å². The number of hydrogen-bond donors (Lipinski definition) is 1. The molecule has 0 unspecified atom stereocenters. The number of hydrogen-bond acceptors (Lipinski definition) is 5. The van der Waals surface area contributed by atoms with Crippen molar-refractivity contribution >= 4 is 12.1 Å². The van der Waals surface area contributed by atoms with Crippen LogP contribution < -0.4 is 5.32 Å². The minimum atomic E-state index is -0.505. The highest BCUT2D eigenvalue weighted by Gasteiger charge is 2.15. The first kappa shape index (κ1) is 16.7. The molecular weight excluding hydrogens is 238 g/mol. The highest BCUT2D eigenvalue weighted by Crippen LogP contribution is 2.05. The van der Waals surface area contributed by atoms with Crippen LogP contribution in [0.3, 0.4) is 0 Å². The van der Waals surface area contributed by atoms with Gasteiger partial charge in [-0.1, -0.05) is 0 Å². The van der Waals surface area contributed by atoms with Crippen molar-refractivity contribution in [1.82, 2.24) is 5.32 Å². The van der Waals surface area contributed by atoms with Crippen molar-refractivity contribution < 1.29 is 23.8 Å². The van der Waals surface area contributed by atoms with Crippen molar-refractivity contribution in [2.45, 2.75) is 39.7 Å². The van der Waals surface area contributed by atoms with E-state index in [9.17, 15) is 9.59 Å². The van der Waals surface area contributed by atoms with Crippen LogP contribution in [-0.2, 0) is 19.0 Å². The fourth-order valence-electron chi connectivity index (χ4n) is 1.03. The maximum absolute atomic E-state index is 11.2. The van der Waals surface area contributed by atoms with E-state index in [-0.39, 0.29) is 19.0 Å². The molecule has 0 saturated carbocycles. The Bertz CT molecular complexity index is 260. The quantitative estimate of drug-likeness (QED) is 0.555. The Labute approximate surface area is 108 Å². The fraction of sp³-hybridized carbons (Fsp3) is 0.833. The standard InChI is InChI=1S/C12H23NO5/c1-5-17-10(14)6-8-16-9-7-13-11(15)18-12(2,3)4/h5-9H2,1-4H3,(H,13,15). The van der Waals surface area contributed by atoms with Crippen LogP contribution in [0.2, 0.25) is 0 Å². The molecule has 0 radical (unpaired) electrons. The Balaban J connectivity index is 3.41. The lowest BCUT2D eigenvalue weighted by Gasteiger charge is -2.19. The van der Waals surface area contributed by atoms with Crippen LogP contribution in [0.1, 0.15) is 34.1 Å². The summed E-state index contributed by atoms with van der Waals surface area (Å²) in [6.45, 7) is 8.47. The number of carbonyl (C=O) groups is 2. The third-order valence-electron chi connectivity index (χ3n) is 1.67. The predicted octanol–water partition coefficient (Wildman–Crippen LogP) is 1.48. The third-order valence-corrected chi connectivity index (χ3v) is 1.67. The smallest absolute Gasteiger partial charge is 0.407 e. The molecule has 0 aromatic rings. The van der Waals surface area contributed by atoms with Crippen molar-refractivity contribution in [3.8, 4) is 0 Å². The van der Waals surface area contributed by atoms with E-state index in [1.165, 1.54) is 0 Å². The predicted molar refractivity (Wildman–Crippen MR) is 66.3 cm³/mol. The first-order valence-corrected chi connectivity index (χ1v) is 6.05. The van der Waals surface area contributed by atoms with Gasteiger partial charge in [0.15, 0.2) is 0 Å². The Kier molecular flexibility index (Phi) is 8.11. The number of esters is 1. The monoisotopic (exact) mass is 261 g/mol. The Hall–Kier alpha value is -1.30. The third kappa shape index (κ3) is 11.2. The van der Waals surface area contributed by atoms with Gasteiger partial charge in [-0.05, 0) is 27.7 Å². The van der Waals surface area contributed by atoms with Crippen LogP contribution in [0.5, 0.6) is 0 Å². The molecule has 6 nitrogen and oxygen atoms in total. The summed E-state index contributed by atoms with van der Waals surface area (Å²) in [5.41, 5.74) is -0.505. The van der Waals surface area contributed by atoms with Crippen LogP contribution >= 0.6 is 0 Å². The van der Waals surface area contributed by atoms with E-state index in [0.29, 0.717) is 19.8 Å². The zero-order chi connectivity index (χ0) is 14.0. The maximum Gasteiger partial charge on any atom is 0.407 e. The van der Waals surface area contributed by atoms with Gasteiger partial charge in [0.05, 0.1) is 26.2 Å². The van der Waals surface area contributed by atoms with E-state index in [2.05, 4.69) is 5.32 Å². The topological polar surface area (TPSA) is 73.9 Å². The highest BCUT2D eigenvalue weighted by atomic mass is 16.6. The molecule has 0 aromatic heterocycles. The molecular formula is C12H23NO5. The fourth-order valence-corrected chi connectivity index (χ4v) is 1.03. The zero-order valence-corrected chi connectivity index (χ0v) is 11.6. The van der Waals surface area contributed by atoms with Gasteiger partial charge >= 0.3 is 12.1 Å². The van der Waals surface area contributed by atoms with Gasteiger partial charge in [0.2, 0.25) is 0 Å². The molecule has 0 fully saturated rings. The summed E-state index contributed by atoms with van der Waals surface area (Å²) in [7, 11) is 0. The summed E-state index contributed by atoms with van der Waals surface area (Å²) in [5, 5.41) is 2.55. The molecule has 0 bridgehead atoms. The summed E-state index contributed by atoms with van der Waals surface area (Å²) in [5.74, 6) is -0.280. The zero-order valence-electron chi connectivity index (χ0n) is 11.6. The minimum absolute atomic E-state index is 0.222. The van der Waals surface area contributed by atoms with Crippen LogP contribution in [0, 0.1) is 0 Å². The molecule has 0 aliphatic heterocycles. The lowest BCUT2D eigenvalue weighted by Crippen LogP contribution is -2.34. The van der Waals surface area contributed by atoms with Crippen molar-refractivity contribution in [2.75, 3.05) is 26.4 Å². The molecule has 6 heteroatoms. The first-order valence-electron chi connectivity index (χ1n) is 6.05. The van der Waals surface area contributed by atoms with Gasteiger partial charge < -0.3 is 19.5 Å². The van der Waals surface area contributed by atoms with Crippen LogP contribution in [0.25, 0.3) is 0 Å². The minimum Gasteiger partial charge on any atom is -0.466 e. The van der Waals surface area contributed by atoms with Crippen LogP contribution in [0.15, 0.2) is 0 Å². The summed E-state index contributed by atoms with van der Waals surface area (Å²) in [4.78, 5) is 22.2. The molecule has 0 aliphatic rings. The summed E-state index contributed by atoms with van der Waals surface area (Å²) in [6, 6.07) is 0. The molecule has 1 N–H and O–H groups in total. The number of amides is 1. The van der Waals surface area contributed by atoms with E-state index in [1.807, 2.05) is 0 Å². The SMILES string of the molecule is CCOC(=O)CCOCCNC(=O)OC(C)(C)C. The van der Waals surface area contributed by atoms with Gasteiger partial charge in [0.25, 0.3) is 0 Å². The Morgan fingerprint density at radius 3 is 2.39 bits per heavy atom. The molecule has 0 atom stereocenters. The van der Waals surface area contributed by atoms with Gasteiger partial charge in [0, 0.05) is 6.54 Å². The van der Waals surface area contributed by atoms with Crippen LogP contribution in [0.4, 0.5) is 4.79 Å². The lowest BCUT2D eigenvalue weighted by molar-refractivity contribution is -0.144. The average molecular weight is 261 g/mol. The van der Waals surface area contributed by atoms with Gasteiger partial charge in [-0.25, -0.2) is 4.79 Å². The molecule has 18 heavy (non-hydrogen) atoms. The van der Waals surface area contributed by atoms with E-state index < -0.39 is 11.7 Å². The molecule has 0 heterocycles. The normalized spacial score (nSPS) is 10.9. The second kappa shape index (κ2) is 8.74. The molecule has 0 aliphatic carbocycles. The lowest BCUT2D eigenvalue weighted by atomic mass is 10.2. The van der Waals surface area contributed by atoms with Gasteiger partial charge in [-0.2, -0.15) is 0 Å². The molecule has 0 aromatic carbocycles. The Morgan fingerprint density at radius 2 is 1.83 bits per heavy atom. The number of ether oxygens (including phenoxy) is 3. The van der Waals surface area contributed by atoms with E-state index >= 15 is 0 Å². The second-order valence-corrected chi connectivity index (χ2v) is 4.60. The largest absolute Gasteiger partial charge is 0.466 e. The number of nitrogens with one attached hydrogen (secondary N) is 1. The number of rotatable bonds is 7. The van der Waals surface area contributed by atoms with Gasteiger partial charge in [0.1, 0.15) is 5.60 Å². The van der Waals surface area contributed by atoms with Crippen molar-refractivity contribution in [3.63, 3.8) is 0 Å². The molecule has 0 rings (SSSR count). The average Bonchev–Trinajstić information content (AvgIpc) is 2.21. The Morgan fingerprint density at radius 1 is 1.17 bits per heavy atom. The molecule has 0 spiro atoms. The maximum atomic E-state index is 11.2. The van der Waals surface area contributed by atoms with Crippen LogP contribution in [-0.4, -0.2) is 44.0 Å². The van der Waals surface area contributed by atoms with Crippen molar-refractivity contribution in [1.29, 1.82) is 0 Å².